The molecule has 0 radical (unpaired) electrons. The normalized spacial score (nSPS) is 12.6. The number of allylic oxidation sites excluding steroid dienone is 3. The van der Waals surface area contributed by atoms with Crippen molar-refractivity contribution in [2.45, 2.75) is 13.5 Å². The second-order valence-electron chi connectivity index (χ2n) is 4.13. The Kier molecular flexibility index (Phi) is 5.26. The molecule has 1 amide bonds. The Bertz CT molecular complexity index is 678. The third kappa shape index (κ3) is 4.17. The molecular formula is C16H16N2OS. The van der Waals surface area contributed by atoms with Gasteiger partial charge in [0.2, 0.25) is 0 Å². The highest BCUT2D eigenvalue weighted by atomic mass is 32.1. The third-order valence-electron chi connectivity index (χ3n) is 2.60. The van der Waals surface area contributed by atoms with Crippen LogP contribution < -0.4 is 4.80 Å². The summed E-state index contributed by atoms with van der Waals surface area (Å²) in [5, 5.41) is 1.94. The molecule has 0 spiro atoms. The number of carbonyl (C=O) groups excluding carboxylic acids is 1. The van der Waals surface area contributed by atoms with Crippen LogP contribution in [0, 0.1) is 0 Å². The quantitative estimate of drug-likeness (QED) is 0.627. The number of aromatic nitrogens is 1. The van der Waals surface area contributed by atoms with Crippen LogP contribution in [0.1, 0.15) is 12.5 Å². The van der Waals surface area contributed by atoms with E-state index < -0.39 is 0 Å². The van der Waals surface area contributed by atoms with E-state index in [4.69, 9.17) is 0 Å². The number of hydrogen-bond donors (Lipinski definition) is 0. The number of benzene rings is 1. The maximum absolute atomic E-state index is 11.7. The number of hydrogen-bond acceptors (Lipinski definition) is 2. The molecule has 20 heavy (non-hydrogen) atoms. The molecule has 3 nitrogen and oxygen atoms in total. The van der Waals surface area contributed by atoms with E-state index in [1.165, 1.54) is 23.0 Å². The predicted molar refractivity (Wildman–Crippen MR) is 82.4 cm³/mol. The average molecular weight is 284 g/mol. The molecule has 1 aromatic carbocycles. The van der Waals surface area contributed by atoms with Gasteiger partial charge in [0.15, 0.2) is 4.80 Å². The number of nitrogens with zero attached hydrogens (tertiary/aromatic N) is 2. The van der Waals surface area contributed by atoms with Gasteiger partial charge in [-0.2, -0.15) is 4.99 Å². The lowest BCUT2D eigenvalue weighted by atomic mass is 10.2. The molecule has 1 heterocycles. The van der Waals surface area contributed by atoms with Gasteiger partial charge in [0.05, 0.1) is 0 Å². The molecule has 0 fully saturated rings. The fourth-order valence-corrected chi connectivity index (χ4v) is 2.40. The van der Waals surface area contributed by atoms with Crippen molar-refractivity contribution in [3.63, 3.8) is 0 Å². The fourth-order valence-electron chi connectivity index (χ4n) is 1.67. The first-order valence-corrected chi connectivity index (χ1v) is 7.23. The van der Waals surface area contributed by atoms with Gasteiger partial charge in [-0.05, 0) is 12.5 Å². The van der Waals surface area contributed by atoms with E-state index in [9.17, 15) is 4.79 Å². The largest absolute Gasteiger partial charge is 0.319 e. The molecule has 0 bridgehead atoms. The molecular weight excluding hydrogens is 268 g/mol. The molecule has 0 aliphatic carbocycles. The van der Waals surface area contributed by atoms with Gasteiger partial charge in [-0.15, -0.1) is 11.3 Å². The SMILES string of the molecule is C/C=C/C=C/C(=O)N=c1sccn1Cc1ccccc1. The Labute approximate surface area is 122 Å². The van der Waals surface area contributed by atoms with E-state index in [-0.39, 0.29) is 5.91 Å². The zero-order chi connectivity index (χ0) is 14.2. The van der Waals surface area contributed by atoms with Crippen LogP contribution in [0.15, 0.2) is 71.2 Å². The second kappa shape index (κ2) is 7.40. The summed E-state index contributed by atoms with van der Waals surface area (Å²) in [6, 6.07) is 10.1. The highest BCUT2D eigenvalue weighted by Gasteiger charge is 1.99. The fraction of sp³-hybridized carbons (Fsp3) is 0.125. The Morgan fingerprint density at radius 2 is 2.10 bits per heavy atom. The average Bonchev–Trinajstić information content (AvgIpc) is 2.87. The summed E-state index contributed by atoms with van der Waals surface area (Å²) in [4.78, 5) is 16.5. The molecule has 0 unspecified atom stereocenters. The predicted octanol–water partition coefficient (Wildman–Crippen LogP) is 3.16. The smallest absolute Gasteiger partial charge is 0.272 e. The van der Waals surface area contributed by atoms with Crippen molar-refractivity contribution in [2.24, 2.45) is 4.99 Å². The minimum atomic E-state index is -0.243. The van der Waals surface area contributed by atoms with E-state index in [1.807, 2.05) is 47.3 Å². The van der Waals surface area contributed by atoms with Crippen LogP contribution in [0.3, 0.4) is 0 Å². The van der Waals surface area contributed by atoms with Crippen molar-refractivity contribution in [1.29, 1.82) is 0 Å². The van der Waals surface area contributed by atoms with Crippen molar-refractivity contribution in [1.82, 2.24) is 4.57 Å². The van der Waals surface area contributed by atoms with E-state index in [2.05, 4.69) is 17.1 Å². The molecule has 0 aliphatic heterocycles. The Morgan fingerprint density at radius 3 is 2.85 bits per heavy atom. The lowest BCUT2D eigenvalue weighted by Crippen LogP contribution is -2.16. The maximum Gasteiger partial charge on any atom is 0.272 e. The molecule has 2 aromatic rings. The van der Waals surface area contributed by atoms with E-state index >= 15 is 0 Å². The van der Waals surface area contributed by atoms with Gasteiger partial charge in [0.1, 0.15) is 0 Å². The van der Waals surface area contributed by atoms with Gasteiger partial charge in [-0.3, -0.25) is 4.79 Å². The zero-order valence-corrected chi connectivity index (χ0v) is 12.1. The standard InChI is InChI=1S/C16H16N2OS/c1-2-3-5-10-15(19)17-16-18(11-12-20-16)13-14-8-6-4-7-9-14/h2-12H,13H2,1H3/b3-2+,10-5+,17-16?. The van der Waals surface area contributed by atoms with Gasteiger partial charge < -0.3 is 4.57 Å². The summed E-state index contributed by atoms with van der Waals surface area (Å²) in [6.45, 7) is 2.62. The number of thiazole rings is 1. The van der Waals surface area contributed by atoms with Crippen molar-refractivity contribution in [2.75, 3.05) is 0 Å². The van der Waals surface area contributed by atoms with Crippen LogP contribution in [-0.2, 0) is 11.3 Å². The van der Waals surface area contributed by atoms with Gasteiger partial charge >= 0.3 is 0 Å². The second-order valence-corrected chi connectivity index (χ2v) is 5.01. The van der Waals surface area contributed by atoms with Gasteiger partial charge in [-0.25, -0.2) is 0 Å². The van der Waals surface area contributed by atoms with Gasteiger partial charge in [0, 0.05) is 24.2 Å². The van der Waals surface area contributed by atoms with E-state index in [0.29, 0.717) is 4.80 Å². The van der Waals surface area contributed by atoms with Crippen LogP contribution >= 0.6 is 11.3 Å². The first-order chi connectivity index (χ1) is 9.79. The molecule has 102 valence electrons. The summed E-state index contributed by atoms with van der Waals surface area (Å²) in [6.07, 6.45) is 8.78. The van der Waals surface area contributed by atoms with E-state index in [1.54, 1.807) is 12.2 Å². The topological polar surface area (TPSA) is 34.4 Å². The summed E-state index contributed by atoms with van der Waals surface area (Å²) in [7, 11) is 0. The summed E-state index contributed by atoms with van der Waals surface area (Å²) in [5.74, 6) is -0.243. The maximum atomic E-state index is 11.7. The first kappa shape index (κ1) is 14.2. The number of amides is 1. The third-order valence-corrected chi connectivity index (χ3v) is 3.40. The Balaban J connectivity index is 2.18. The van der Waals surface area contributed by atoms with Gasteiger partial charge in [0.25, 0.3) is 5.91 Å². The lowest BCUT2D eigenvalue weighted by Gasteiger charge is -2.02. The van der Waals surface area contributed by atoms with Crippen molar-refractivity contribution < 1.29 is 4.79 Å². The van der Waals surface area contributed by atoms with Gasteiger partial charge in [-0.1, -0.05) is 48.6 Å². The van der Waals surface area contributed by atoms with E-state index in [0.717, 1.165) is 6.54 Å². The van der Waals surface area contributed by atoms with Crippen molar-refractivity contribution >= 4 is 17.2 Å². The first-order valence-electron chi connectivity index (χ1n) is 6.35. The lowest BCUT2D eigenvalue weighted by molar-refractivity contribution is -0.113. The minimum Gasteiger partial charge on any atom is -0.319 e. The van der Waals surface area contributed by atoms with Crippen LogP contribution in [0.2, 0.25) is 0 Å². The molecule has 0 atom stereocenters. The van der Waals surface area contributed by atoms with Crippen LogP contribution in [-0.4, -0.2) is 10.5 Å². The molecule has 0 aliphatic rings. The molecule has 1 aromatic heterocycles. The molecule has 2 rings (SSSR count). The summed E-state index contributed by atoms with van der Waals surface area (Å²) in [5.41, 5.74) is 1.18. The molecule has 0 N–H and O–H groups in total. The van der Waals surface area contributed by atoms with Crippen LogP contribution in [0.25, 0.3) is 0 Å². The Morgan fingerprint density at radius 1 is 1.30 bits per heavy atom. The van der Waals surface area contributed by atoms with Crippen molar-refractivity contribution in [3.05, 3.63) is 76.6 Å². The zero-order valence-electron chi connectivity index (χ0n) is 11.3. The molecule has 0 saturated carbocycles. The molecule has 4 heteroatoms. The van der Waals surface area contributed by atoms with Crippen LogP contribution in [0.5, 0.6) is 0 Å². The monoisotopic (exact) mass is 284 g/mol. The Hall–Kier alpha value is -2.20. The highest BCUT2D eigenvalue weighted by molar-refractivity contribution is 7.07. The molecule has 0 saturated heterocycles. The highest BCUT2D eigenvalue weighted by Crippen LogP contribution is 2.01. The minimum absolute atomic E-state index is 0.243. The summed E-state index contributed by atoms with van der Waals surface area (Å²) < 4.78 is 1.97. The number of carbonyl (C=O) groups is 1. The number of rotatable bonds is 4. The summed E-state index contributed by atoms with van der Waals surface area (Å²) >= 11 is 1.46. The van der Waals surface area contributed by atoms with Crippen molar-refractivity contribution in [3.8, 4) is 0 Å². The van der Waals surface area contributed by atoms with Crippen LogP contribution in [0.4, 0.5) is 0 Å².